The monoisotopic (exact) mass is 489 g/mol. The van der Waals surface area contributed by atoms with Crippen LogP contribution in [0.15, 0.2) is 0 Å². The molecule has 9 nitrogen and oxygen atoms in total. The average molecular weight is 490 g/mol. The van der Waals surface area contributed by atoms with E-state index >= 15 is 0 Å². The van der Waals surface area contributed by atoms with Crippen molar-refractivity contribution in [2.45, 2.75) is 82.8 Å². The lowest BCUT2D eigenvalue weighted by Gasteiger charge is -2.26. The lowest BCUT2D eigenvalue weighted by atomic mass is 10.0. The Bertz CT molecular complexity index is 672. The molecule has 0 spiro atoms. The molecule has 0 aromatic carbocycles. The van der Waals surface area contributed by atoms with Gasteiger partial charge in [0.2, 0.25) is 5.91 Å². The number of esters is 1. The van der Waals surface area contributed by atoms with E-state index in [4.69, 9.17) is 9.47 Å². The molecule has 0 aromatic rings. The molecular formula is C21H35N3O6S2. The molecule has 4 atom stereocenters. The summed E-state index contributed by atoms with van der Waals surface area (Å²) in [5, 5.41) is 4.48. The second-order valence-corrected chi connectivity index (χ2v) is 11.2. The van der Waals surface area contributed by atoms with Crippen LogP contribution in [-0.4, -0.2) is 71.6 Å². The number of rotatable bonds is 12. The molecule has 1 unspecified atom stereocenters. The molecule has 0 bridgehead atoms. The van der Waals surface area contributed by atoms with Crippen molar-refractivity contribution in [3.63, 3.8) is 0 Å². The Hall–Kier alpha value is -1.46. The first-order valence-electron chi connectivity index (χ1n) is 11.2. The first-order chi connectivity index (χ1) is 15.2. The van der Waals surface area contributed by atoms with Crippen LogP contribution in [-0.2, 0) is 28.7 Å². The molecule has 0 aromatic heterocycles. The summed E-state index contributed by atoms with van der Waals surface area (Å²) < 4.78 is 9.96. The highest BCUT2D eigenvalue weighted by Crippen LogP contribution is 2.39. The molecule has 3 amide bonds. The molecular weight excluding hydrogens is 454 g/mol. The maximum atomic E-state index is 12.9. The van der Waals surface area contributed by atoms with Crippen molar-refractivity contribution in [2.75, 3.05) is 19.4 Å². The summed E-state index contributed by atoms with van der Waals surface area (Å²) in [5.74, 6) is -0.447. The number of carbonyl (C=O) groups excluding carboxylic acids is 4. The Morgan fingerprint density at radius 2 is 1.94 bits per heavy atom. The fourth-order valence-corrected chi connectivity index (χ4v) is 6.44. The fourth-order valence-electron chi connectivity index (χ4n) is 3.42. The number of nitrogens with zero attached hydrogens (tertiary/aromatic N) is 1. The van der Waals surface area contributed by atoms with E-state index < -0.39 is 36.0 Å². The quantitative estimate of drug-likeness (QED) is 0.141. The first kappa shape index (κ1) is 26.8. The van der Waals surface area contributed by atoms with Gasteiger partial charge in [0.25, 0.3) is 11.8 Å². The second kappa shape index (κ2) is 13.3. The van der Waals surface area contributed by atoms with Crippen LogP contribution in [0, 0.1) is 5.92 Å². The normalized spacial score (nSPS) is 22.8. The Morgan fingerprint density at radius 1 is 1.19 bits per heavy atom. The number of ether oxygens (including phenoxy) is 2. The molecule has 2 heterocycles. The van der Waals surface area contributed by atoms with Gasteiger partial charge in [-0.15, -0.1) is 0 Å². The second-order valence-electron chi connectivity index (χ2n) is 8.43. The van der Waals surface area contributed by atoms with Crippen LogP contribution in [0.25, 0.3) is 0 Å². The molecule has 182 valence electrons. The summed E-state index contributed by atoms with van der Waals surface area (Å²) in [4.78, 5) is 49.2. The highest BCUT2D eigenvalue weighted by molar-refractivity contribution is 8.77. The third-order valence-corrected chi connectivity index (χ3v) is 8.13. The van der Waals surface area contributed by atoms with Crippen LogP contribution in [0.4, 0.5) is 0 Å². The van der Waals surface area contributed by atoms with Crippen molar-refractivity contribution in [3.05, 3.63) is 0 Å². The standard InChI is InChI=1S/C21H35N3O6S2/c1-5-29-21(28)18-17(30-18)19(26)22-15(12-13(2)3)20(27)24(4)23-16(25)9-7-6-8-14-10-11-31-32-14/h13-15,17-18H,5-12H2,1-4H3,(H,22,26)(H,23,25)/t14?,15-,17-,18-/m0/s1. The maximum Gasteiger partial charge on any atom is 0.338 e. The summed E-state index contributed by atoms with van der Waals surface area (Å²) in [5.41, 5.74) is 2.60. The molecule has 0 radical (unpaired) electrons. The van der Waals surface area contributed by atoms with Crippen molar-refractivity contribution in [2.24, 2.45) is 5.92 Å². The van der Waals surface area contributed by atoms with Crippen molar-refractivity contribution < 1.29 is 28.7 Å². The van der Waals surface area contributed by atoms with Gasteiger partial charge in [-0.3, -0.25) is 24.8 Å². The van der Waals surface area contributed by atoms with Crippen LogP contribution >= 0.6 is 21.6 Å². The number of hydrogen-bond donors (Lipinski definition) is 2. The van der Waals surface area contributed by atoms with Gasteiger partial charge in [-0.2, -0.15) is 0 Å². The van der Waals surface area contributed by atoms with Crippen molar-refractivity contribution in [3.8, 4) is 0 Å². The largest absolute Gasteiger partial charge is 0.464 e. The number of hydrazine groups is 1. The molecule has 2 N–H and O–H groups in total. The molecule has 2 aliphatic rings. The lowest BCUT2D eigenvalue weighted by Crippen LogP contribution is -2.54. The number of epoxide rings is 1. The van der Waals surface area contributed by atoms with E-state index in [0.717, 1.165) is 24.3 Å². The summed E-state index contributed by atoms with van der Waals surface area (Å²) in [6.07, 6.45) is 2.95. The molecule has 2 rings (SSSR count). The van der Waals surface area contributed by atoms with E-state index in [0.29, 0.717) is 18.1 Å². The Morgan fingerprint density at radius 3 is 2.56 bits per heavy atom. The van der Waals surface area contributed by atoms with Gasteiger partial charge < -0.3 is 14.8 Å². The van der Waals surface area contributed by atoms with E-state index in [1.165, 1.54) is 19.2 Å². The van der Waals surface area contributed by atoms with Gasteiger partial charge in [0.15, 0.2) is 12.2 Å². The van der Waals surface area contributed by atoms with Gasteiger partial charge in [0, 0.05) is 24.5 Å². The number of amides is 3. The Balaban J connectivity index is 1.77. The molecule has 11 heteroatoms. The van der Waals surface area contributed by atoms with E-state index in [-0.39, 0.29) is 18.4 Å². The number of unbranched alkanes of at least 4 members (excludes halogenated alkanes) is 1. The van der Waals surface area contributed by atoms with Crippen LogP contribution < -0.4 is 10.7 Å². The molecule has 2 saturated heterocycles. The zero-order valence-corrected chi connectivity index (χ0v) is 20.9. The summed E-state index contributed by atoms with van der Waals surface area (Å²) in [6, 6.07) is -0.836. The van der Waals surface area contributed by atoms with E-state index in [1.54, 1.807) is 6.92 Å². The summed E-state index contributed by atoms with van der Waals surface area (Å²) >= 11 is 0. The van der Waals surface area contributed by atoms with E-state index in [2.05, 4.69) is 10.7 Å². The molecule has 32 heavy (non-hydrogen) atoms. The molecule has 2 aliphatic heterocycles. The molecule has 0 aliphatic carbocycles. The van der Waals surface area contributed by atoms with Crippen molar-refractivity contribution in [1.82, 2.24) is 15.8 Å². The number of hydrogen-bond acceptors (Lipinski definition) is 8. The van der Waals surface area contributed by atoms with Crippen LogP contribution in [0.1, 0.15) is 59.3 Å². The van der Waals surface area contributed by atoms with Crippen molar-refractivity contribution in [1.29, 1.82) is 0 Å². The molecule has 2 fully saturated rings. The topological polar surface area (TPSA) is 117 Å². The first-order valence-corrected chi connectivity index (χ1v) is 13.6. The number of carbonyl (C=O) groups is 4. The number of likely N-dealkylation sites (N-methyl/N-ethyl adjacent to an activating group) is 1. The molecule has 0 saturated carbocycles. The SMILES string of the molecule is CCOC(=O)[C@H]1O[C@@H]1C(=O)N[C@@H](CC(C)C)C(=O)N(C)NC(=O)CCCCC1CCSS1. The van der Waals surface area contributed by atoms with Gasteiger partial charge in [-0.1, -0.05) is 41.9 Å². The highest BCUT2D eigenvalue weighted by atomic mass is 33.1. The maximum absolute atomic E-state index is 12.9. The Kier molecular flexibility index (Phi) is 11.1. The van der Waals surface area contributed by atoms with Gasteiger partial charge in [0.1, 0.15) is 6.04 Å². The summed E-state index contributed by atoms with van der Waals surface area (Å²) in [7, 11) is 5.32. The van der Waals surface area contributed by atoms with E-state index in [1.807, 2.05) is 35.4 Å². The van der Waals surface area contributed by atoms with Crippen molar-refractivity contribution >= 4 is 45.3 Å². The predicted octanol–water partition coefficient (Wildman–Crippen LogP) is 2.05. The van der Waals surface area contributed by atoms with E-state index in [9.17, 15) is 19.2 Å². The van der Waals surface area contributed by atoms with Gasteiger partial charge in [-0.25, -0.2) is 4.79 Å². The minimum absolute atomic E-state index is 0.126. The lowest BCUT2D eigenvalue weighted by molar-refractivity contribution is -0.144. The van der Waals surface area contributed by atoms with Gasteiger partial charge in [0.05, 0.1) is 6.61 Å². The number of nitrogens with one attached hydrogen (secondary N) is 2. The van der Waals surface area contributed by atoms with Gasteiger partial charge >= 0.3 is 5.97 Å². The minimum Gasteiger partial charge on any atom is -0.464 e. The van der Waals surface area contributed by atoms with Gasteiger partial charge in [-0.05, 0) is 38.5 Å². The Labute approximate surface area is 197 Å². The minimum atomic E-state index is -0.951. The van der Waals surface area contributed by atoms with Crippen LogP contribution in [0.2, 0.25) is 0 Å². The van der Waals surface area contributed by atoms with Crippen LogP contribution in [0.3, 0.4) is 0 Å². The van der Waals surface area contributed by atoms with Crippen LogP contribution in [0.5, 0.6) is 0 Å². The summed E-state index contributed by atoms with van der Waals surface area (Å²) in [6.45, 7) is 5.73. The average Bonchev–Trinajstić information content (AvgIpc) is 3.38. The highest BCUT2D eigenvalue weighted by Gasteiger charge is 2.52. The predicted molar refractivity (Wildman–Crippen MR) is 125 cm³/mol. The zero-order chi connectivity index (χ0) is 23.7. The third-order valence-electron chi connectivity index (χ3n) is 5.12. The smallest absolute Gasteiger partial charge is 0.338 e. The third kappa shape index (κ3) is 8.82. The zero-order valence-electron chi connectivity index (χ0n) is 19.3. The fraction of sp³-hybridized carbons (Fsp3) is 0.810.